The summed E-state index contributed by atoms with van der Waals surface area (Å²) in [5.74, 6) is -0.256. The number of hydrogen-bond acceptors (Lipinski definition) is 5. The normalized spacial score (nSPS) is 11.5. The first-order valence-corrected chi connectivity index (χ1v) is 11.5. The molecule has 2 aromatic carbocycles. The molecule has 0 saturated carbocycles. The fourth-order valence-corrected chi connectivity index (χ4v) is 4.30. The molecule has 0 fully saturated rings. The van der Waals surface area contributed by atoms with Gasteiger partial charge in [-0.15, -0.1) is 0 Å². The average Bonchev–Trinajstić information content (AvgIpc) is 2.74. The molecule has 0 heterocycles. The van der Waals surface area contributed by atoms with Crippen molar-refractivity contribution in [3.63, 3.8) is 0 Å². The van der Waals surface area contributed by atoms with Gasteiger partial charge in [0.2, 0.25) is 11.0 Å². The maximum Gasteiger partial charge on any atom is 0.251 e. The molecule has 5 nitrogen and oxygen atoms in total. The summed E-state index contributed by atoms with van der Waals surface area (Å²) in [5.41, 5.74) is 1.10. The van der Waals surface area contributed by atoms with Crippen molar-refractivity contribution in [1.82, 2.24) is 10.6 Å². The van der Waals surface area contributed by atoms with Crippen LogP contribution in [-0.4, -0.2) is 35.3 Å². The first-order chi connectivity index (χ1) is 13.6. The van der Waals surface area contributed by atoms with Crippen molar-refractivity contribution in [1.29, 1.82) is 0 Å². The first kappa shape index (κ1) is 22.0. The van der Waals surface area contributed by atoms with Gasteiger partial charge < -0.3 is 10.6 Å². The standard InChI is InChI=1S/C21H24N2O3S2/c1-2-3-14-22-20(25)18(23-19(24)16-10-6-4-7-11-16)15-27-28-21(26)17-12-8-5-9-13-17/h4-13,18H,2-3,14-15H2,1H3,(H,22,25)(H,23,24). The summed E-state index contributed by atoms with van der Waals surface area (Å²) in [5, 5.41) is 5.55. The molecule has 2 amide bonds. The summed E-state index contributed by atoms with van der Waals surface area (Å²) in [6.07, 6.45) is 1.84. The van der Waals surface area contributed by atoms with Gasteiger partial charge in [-0.05, 0) is 29.3 Å². The topological polar surface area (TPSA) is 75.3 Å². The molecule has 0 aliphatic heterocycles. The third-order valence-electron chi connectivity index (χ3n) is 3.87. The van der Waals surface area contributed by atoms with Gasteiger partial charge in [0.15, 0.2) is 0 Å². The highest BCUT2D eigenvalue weighted by Gasteiger charge is 2.22. The van der Waals surface area contributed by atoms with Crippen LogP contribution in [-0.2, 0) is 4.79 Å². The largest absolute Gasteiger partial charge is 0.354 e. The quantitative estimate of drug-likeness (QED) is 0.453. The molecule has 2 aromatic rings. The molecule has 0 bridgehead atoms. The van der Waals surface area contributed by atoms with Crippen molar-refractivity contribution >= 4 is 38.5 Å². The minimum Gasteiger partial charge on any atom is -0.354 e. The highest BCUT2D eigenvalue weighted by atomic mass is 33.1. The van der Waals surface area contributed by atoms with Crippen LogP contribution in [0.2, 0.25) is 0 Å². The van der Waals surface area contributed by atoms with Gasteiger partial charge >= 0.3 is 0 Å². The van der Waals surface area contributed by atoms with Crippen molar-refractivity contribution in [2.24, 2.45) is 0 Å². The van der Waals surface area contributed by atoms with Gasteiger partial charge in [-0.1, -0.05) is 72.7 Å². The summed E-state index contributed by atoms with van der Waals surface area (Å²) in [6, 6.07) is 17.0. The summed E-state index contributed by atoms with van der Waals surface area (Å²) in [7, 11) is 2.33. The third-order valence-corrected chi connectivity index (χ3v) is 6.06. The highest BCUT2D eigenvalue weighted by Crippen LogP contribution is 2.26. The van der Waals surface area contributed by atoms with Crippen LogP contribution in [0.25, 0.3) is 0 Å². The number of amides is 2. The Balaban J connectivity index is 1.94. The van der Waals surface area contributed by atoms with Crippen LogP contribution >= 0.6 is 21.6 Å². The second-order valence-electron chi connectivity index (χ2n) is 6.06. The molecule has 0 aliphatic rings. The summed E-state index contributed by atoms with van der Waals surface area (Å²) >= 11 is 0. The number of nitrogens with one attached hydrogen (secondary N) is 2. The number of rotatable bonds is 10. The van der Waals surface area contributed by atoms with Crippen LogP contribution in [0.5, 0.6) is 0 Å². The fourth-order valence-electron chi connectivity index (χ4n) is 2.30. The zero-order chi connectivity index (χ0) is 20.2. The van der Waals surface area contributed by atoms with Crippen LogP contribution in [0.3, 0.4) is 0 Å². The van der Waals surface area contributed by atoms with Gasteiger partial charge in [-0.2, -0.15) is 0 Å². The number of carbonyl (C=O) groups excluding carboxylic acids is 3. The molecule has 1 unspecified atom stereocenters. The van der Waals surface area contributed by atoms with Gasteiger partial charge in [0.25, 0.3) is 5.91 Å². The van der Waals surface area contributed by atoms with E-state index in [-0.39, 0.29) is 16.9 Å². The molecule has 0 aromatic heterocycles. The summed E-state index contributed by atoms with van der Waals surface area (Å²) in [6.45, 7) is 2.61. The van der Waals surface area contributed by atoms with Gasteiger partial charge in [-0.25, -0.2) is 0 Å². The number of carbonyl (C=O) groups is 3. The van der Waals surface area contributed by atoms with Crippen LogP contribution < -0.4 is 10.6 Å². The molecular formula is C21H24N2O3S2. The molecule has 1 atom stereocenters. The fraction of sp³-hybridized carbons (Fsp3) is 0.286. The lowest BCUT2D eigenvalue weighted by Gasteiger charge is -2.18. The molecule has 0 spiro atoms. The Labute approximate surface area is 173 Å². The lowest BCUT2D eigenvalue weighted by Crippen LogP contribution is -2.48. The third kappa shape index (κ3) is 7.40. The molecule has 28 heavy (non-hydrogen) atoms. The SMILES string of the molecule is CCCCNC(=O)C(CSSC(=O)c1ccccc1)NC(=O)c1ccccc1. The molecule has 0 radical (unpaired) electrons. The van der Waals surface area contributed by atoms with Gasteiger partial charge in [0, 0.05) is 23.4 Å². The van der Waals surface area contributed by atoms with Crippen LogP contribution in [0, 0.1) is 0 Å². The first-order valence-electron chi connectivity index (χ1n) is 9.14. The molecule has 7 heteroatoms. The Hall–Kier alpha value is -2.25. The van der Waals surface area contributed by atoms with E-state index in [4.69, 9.17) is 0 Å². The minimum atomic E-state index is -0.717. The van der Waals surface area contributed by atoms with Crippen LogP contribution in [0.15, 0.2) is 60.7 Å². The number of benzene rings is 2. The molecule has 2 N–H and O–H groups in total. The molecular weight excluding hydrogens is 392 g/mol. The minimum absolute atomic E-state index is 0.0786. The van der Waals surface area contributed by atoms with Gasteiger partial charge in [-0.3, -0.25) is 14.4 Å². The van der Waals surface area contributed by atoms with E-state index >= 15 is 0 Å². The predicted octanol–water partition coefficient (Wildman–Crippen LogP) is 3.92. The highest BCUT2D eigenvalue weighted by molar-refractivity contribution is 8.82. The smallest absolute Gasteiger partial charge is 0.251 e. The van der Waals surface area contributed by atoms with Crippen molar-refractivity contribution in [2.45, 2.75) is 25.8 Å². The van der Waals surface area contributed by atoms with Crippen LogP contribution in [0.4, 0.5) is 0 Å². The summed E-state index contributed by atoms with van der Waals surface area (Å²) in [4.78, 5) is 37.1. The maximum atomic E-state index is 12.5. The molecule has 2 rings (SSSR count). The number of hydrogen-bond donors (Lipinski definition) is 2. The molecule has 0 saturated heterocycles. The molecule has 148 valence electrons. The zero-order valence-electron chi connectivity index (χ0n) is 15.7. The summed E-state index contributed by atoms with van der Waals surface area (Å²) < 4.78 is 0. The Morgan fingerprint density at radius 1 is 0.929 bits per heavy atom. The maximum absolute atomic E-state index is 12.5. The van der Waals surface area contributed by atoms with Crippen molar-refractivity contribution in [3.05, 3.63) is 71.8 Å². The molecule has 0 aliphatic carbocycles. The van der Waals surface area contributed by atoms with E-state index in [0.29, 0.717) is 23.4 Å². The zero-order valence-corrected chi connectivity index (χ0v) is 17.4. The van der Waals surface area contributed by atoms with E-state index in [1.54, 1.807) is 36.4 Å². The lowest BCUT2D eigenvalue weighted by molar-refractivity contribution is -0.122. The Kier molecular flexibility index (Phi) is 9.65. The Morgan fingerprint density at radius 2 is 1.54 bits per heavy atom. The van der Waals surface area contributed by atoms with E-state index in [2.05, 4.69) is 10.6 Å². The second kappa shape index (κ2) is 12.3. The van der Waals surface area contributed by atoms with E-state index in [1.807, 2.05) is 31.2 Å². The Bertz CT molecular complexity index is 770. The van der Waals surface area contributed by atoms with Crippen LogP contribution in [0.1, 0.15) is 40.5 Å². The van der Waals surface area contributed by atoms with Crippen molar-refractivity contribution in [3.8, 4) is 0 Å². The van der Waals surface area contributed by atoms with E-state index in [0.717, 1.165) is 23.6 Å². The predicted molar refractivity (Wildman–Crippen MR) is 116 cm³/mol. The van der Waals surface area contributed by atoms with E-state index in [1.165, 1.54) is 10.8 Å². The Morgan fingerprint density at radius 3 is 2.14 bits per heavy atom. The monoisotopic (exact) mass is 416 g/mol. The van der Waals surface area contributed by atoms with Crippen molar-refractivity contribution < 1.29 is 14.4 Å². The number of unbranched alkanes of at least 4 members (excludes halogenated alkanes) is 1. The van der Waals surface area contributed by atoms with Gasteiger partial charge in [0.1, 0.15) is 6.04 Å². The average molecular weight is 417 g/mol. The van der Waals surface area contributed by atoms with Crippen molar-refractivity contribution in [2.75, 3.05) is 12.3 Å². The second-order valence-corrected chi connectivity index (χ2v) is 8.37. The van der Waals surface area contributed by atoms with Gasteiger partial charge in [0.05, 0.1) is 0 Å². The van der Waals surface area contributed by atoms with E-state index < -0.39 is 6.04 Å². The lowest BCUT2D eigenvalue weighted by atomic mass is 10.2. The van der Waals surface area contributed by atoms with E-state index in [9.17, 15) is 14.4 Å².